The summed E-state index contributed by atoms with van der Waals surface area (Å²) in [7, 11) is 0. The molecule has 0 N–H and O–H groups in total. The third-order valence-electron chi connectivity index (χ3n) is 1.67. The largest absolute Gasteiger partial charge is 0.549 e. The first-order valence-electron chi connectivity index (χ1n) is 4.20. The molecule has 0 aliphatic carbocycles. The summed E-state index contributed by atoms with van der Waals surface area (Å²) < 4.78 is 0. The summed E-state index contributed by atoms with van der Waals surface area (Å²) in [6.07, 6.45) is 0. The Kier molecular flexibility index (Phi) is 7.29. The molecule has 0 saturated carbocycles. The van der Waals surface area contributed by atoms with Crippen molar-refractivity contribution in [1.29, 1.82) is 0 Å². The molecular weight excluding hydrogens is 174 g/mol. The van der Waals surface area contributed by atoms with Gasteiger partial charge in [-0.25, -0.2) is 0 Å². The highest BCUT2D eigenvalue weighted by molar-refractivity contribution is 7.99. The van der Waals surface area contributed by atoms with Crippen molar-refractivity contribution in [3.8, 4) is 0 Å². The minimum atomic E-state index is -0.973. The highest BCUT2D eigenvalue weighted by Gasteiger charge is 1.97. The molecule has 0 spiro atoms. The molecule has 0 atom stereocenters. The second-order valence-corrected chi connectivity index (χ2v) is 3.56. The number of aliphatic carboxylic acids is 1. The minimum absolute atomic E-state index is 0.112. The first-order valence-corrected chi connectivity index (χ1v) is 5.36. The van der Waals surface area contributed by atoms with Gasteiger partial charge in [-0.05, 0) is 13.1 Å². The standard InChI is InChI=1S/C8H17NO2S/c1-3-9(4-2)5-6-12-7-8(10)11/h3-7H2,1-2H3,(H,10,11)/p-1. The predicted molar refractivity (Wildman–Crippen MR) is 50.1 cm³/mol. The van der Waals surface area contributed by atoms with E-state index in [0.29, 0.717) is 0 Å². The van der Waals surface area contributed by atoms with Crippen molar-refractivity contribution in [3.63, 3.8) is 0 Å². The van der Waals surface area contributed by atoms with Crippen LogP contribution in [0.4, 0.5) is 0 Å². The second kappa shape index (κ2) is 7.43. The van der Waals surface area contributed by atoms with Crippen molar-refractivity contribution in [3.05, 3.63) is 0 Å². The van der Waals surface area contributed by atoms with Crippen molar-refractivity contribution < 1.29 is 9.90 Å². The van der Waals surface area contributed by atoms with Crippen molar-refractivity contribution in [2.24, 2.45) is 0 Å². The van der Waals surface area contributed by atoms with Crippen molar-refractivity contribution >= 4 is 17.7 Å². The van der Waals surface area contributed by atoms with Crippen molar-refractivity contribution in [2.75, 3.05) is 31.1 Å². The number of rotatable bonds is 7. The Morgan fingerprint density at radius 2 is 2.00 bits per heavy atom. The van der Waals surface area contributed by atoms with Gasteiger partial charge in [0.25, 0.3) is 0 Å². The SMILES string of the molecule is CCN(CC)CCSCC(=O)[O-]. The molecule has 0 aliphatic rings. The zero-order chi connectivity index (χ0) is 9.40. The molecule has 0 heterocycles. The van der Waals surface area contributed by atoms with Gasteiger partial charge in [0.2, 0.25) is 0 Å². The van der Waals surface area contributed by atoms with Crippen LogP contribution in [0.1, 0.15) is 13.8 Å². The lowest BCUT2D eigenvalue weighted by atomic mass is 10.5. The lowest BCUT2D eigenvalue weighted by Gasteiger charge is -2.17. The molecule has 72 valence electrons. The summed E-state index contributed by atoms with van der Waals surface area (Å²) in [4.78, 5) is 12.3. The van der Waals surface area contributed by atoms with Gasteiger partial charge >= 0.3 is 0 Å². The Bertz CT molecular complexity index is 126. The molecule has 0 unspecified atom stereocenters. The molecule has 0 aliphatic heterocycles. The Morgan fingerprint density at radius 1 is 1.42 bits per heavy atom. The lowest BCUT2D eigenvalue weighted by Crippen LogP contribution is -2.27. The minimum Gasteiger partial charge on any atom is -0.549 e. The Hall–Kier alpha value is -0.220. The smallest absolute Gasteiger partial charge is 0.0513 e. The summed E-state index contributed by atoms with van der Waals surface area (Å²) >= 11 is 1.42. The average Bonchev–Trinajstić information content (AvgIpc) is 2.04. The maximum atomic E-state index is 10.0. The first kappa shape index (κ1) is 11.8. The van der Waals surface area contributed by atoms with E-state index >= 15 is 0 Å². The van der Waals surface area contributed by atoms with Gasteiger partial charge in [0.15, 0.2) is 0 Å². The quantitative estimate of drug-likeness (QED) is 0.522. The van der Waals surface area contributed by atoms with Gasteiger partial charge in [-0.2, -0.15) is 11.8 Å². The molecule has 0 amide bonds. The predicted octanol–water partition coefficient (Wildman–Crippen LogP) is -0.189. The van der Waals surface area contributed by atoms with Crippen LogP contribution < -0.4 is 5.11 Å². The van der Waals surface area contributed by atoms with Gasteiger partial charge in [-0.1, -0.05) is 13.8 Å². The van der Waals surface area contributed by atoms with Crippen LogP contribution in [0.2, 0.25) is 0 Å². The van der Waals surface area contributed by atoms with E-state index in [9.17, 15) is 9.90 Å². The zero-order valence-electron chi connectivity index (χ0n) is 7.71. The number of carboxylic acids is 1. The van der Waals surface area contributed by atoms with Crippen LogP contribution in [0.3, 0.4) is 0 Å². The number of hydrogen-bond acceptors (Lipinski definition) is 4. The maximum absolute atomic E-state index is 10.0. The Balaban J connectivity index is 3.23. The Labute approximate surface area is 78.1 Å². The summed E-state index contributed by atoms with van der Waals surface area (Å²) in [6.45, 7) is 7.23. The first-order chi connectivity index (χ1) is 5.70. The third-order valence-corrected chi connectivity index (χ3v) is 2.58. The number of thioether (sulfide) groups is 1. The highest BCUT2D eigenvalue weighted by atomic mass is 32.2. The van der Waals surface area contributed by atoms with Crippen molar-refractivity contribution in [2.45, 2.75) is 13.8 Å². The monoisotopic (exact) mass is 190 g/mol. The number of nitrogens with zero attached hydrogens (tertiary/aromatic N) is 1. The van der Waals surface area contributed by atoms with E-state index in [0.717, 1.165) is 25.4 Å². The van der Waals surface area contributed by atoms with Crippen LogP contribution in [0.15, 0.2) is 0 Å². The normalized spacial score (nSPS) is 10.6. The van der Waals surface area contributed by atoms with E-state index in [2.05, 4.69) is 18.7 Å². The summed E-state index contributed by atoms with van der Waals surface area (Å²) in [5.41, 5.74) is 0. The van der Waals surface area contributed by atoms with E-state index < -0.39 is 5.97 Å². The van der Waals surface area contributed by atoms with Crippen LogP contribution in [0, 0.1) is 0 Å². The molecule has 0 bridgehead atoms. The van der Waals surface area contributed by atoms with Gasteiger partial charge in [0.1, 0.15) is 0 Å². The summed E-state index contributed by atoms with van der Waals surface area (Å²) in [6, 6.07) is 0. The highest BCUT2D eigenvalue weighted by Crippen LogP contribution is 1.99. The third kappa shape index (κ3) is 6.49. The molecular formula is C8H16NO2S-. The molecule has 0 saturated heterocycles. The molecule has 4 heteroatoms. The van der Waals surface area contributed by atoms with E-state index in [4.69, 9.17) is 0 Å². The van der Waals surface area contributed by atoms with Gasteiger partial charge in [-0.3, -0.25) is 0 Å². The molecule has 0 rings (SSSR count). The molecule has 0 aromatic heterocycles. The van der Waals surface area contributed by atoms with Gasteiger partial charge in [-0.15, -0.1) is 0 Å². The van der Waals surface area contributed by atoms with E-state index in [1.807, 2.05) is 0 Å². The molecule has 0 radical (unpaired) electrons. The fraction of sp³-hybridized carbons (Fsp3) is 0.875. The number of carboxylic acid groups (broad SMARTS) is 1. The van der Waals surface area contributed by atoms with Crippen LogP contribution in [-0.4, -0.2) is 42.0 Å². The van der Waals surface area contributed by atoms with E-state index in [1.165, 1.54) is 11.8 Å². The summed E-state index contributed by atoms with van der Waals surface area (Å²) in [5.74, 6) is 0.0104. The fourth-order valence-corrected chi connectivity index (χ4v) is 1.59. The van der Waals surface area contributed by atoms with Gasteiger partial charge in [0, 0.05) is 18.1 Å². The average molecular weight is 190 g/mol. The molecule has 3 nitrogen and oxygen atoms in total. The van der Waals surface area contributed by atoms with Crippen molar-refractivity contribution in [1.82, 2.24) is 4.90 Å². The maximum Gasteiger partial charge on any atom is 0.0513 e. The fourth-order valence-electron chi connectivity index (χ4n) is 0.889. The lowest BCUT2D eigenvalue weighted by molar-refractivity contribution is -0.301. The number of hydrogen-bond donors (Lipinski definition) is 0. The van der Waals surface area contributed by atoms with E-state index in [-0.39, 0.29) is 5.75 Å². The van der Waals surface area contributed by atoms with Crippen LogP contribution in [0.5, 0.6) is 0 Å². The van der Waals surface area contributed by atoms with Crippen LogP contribution in [-0.2, 0) is 4.79 Å². The molecule has 0 fully saturated rings. The topological polar surface area (TPSA) is 43.4 Å². The summed E-state index contributed by atoms with van der Waals surface area (Å²) in [5, 5.41) is 10.0. The van der Waals surface area contributed by atoms with E-state index in [1.54, 1.807) is 0 Å². The van der Waals surface area contributed by atoms with Gasteiger partial charge in [0.05, 0.1) is 5.97 Å². The zero-order valence-corrected chi connectivity index (χ0v) is 8.52. The molecule has 12 heavy (non-hydrogen) atoms. The number of carbonyl (C=O) groups excluding carboxylic acids is 1. The molecule has 0 aromatic rings. The van der Waals surface area contributed by atoms with Crippen LogP contribution in [0.25, 0.3) is 0 Å². The Morgan fingerprint density at radius 3 is 2.42 bits per heavy atom. The molecule has 0 aromatic carbocycles. The number of carbonyl (C=O) groups is 1. The second-order valence-electron chi connectivity index (χ2n) is 2.45. The van der Waals surface area contributed by atoms with Crippen LogP contribution >= 0.6 is 11.8 Å². The van der Waals surface area contributed by atoms with Gasteiger partial charge < -0.3 is 14.8 Å².